The van der Waals surface area contributed by atoms with E-state index in [-0.39, 0.29) is 11.4 Å². The Morgan fingerprint density at radius 3 is 2.68 bits per heavy atom. The summed E-state index contributed by atoms with van der Waals surface area (Å²) in [6.07, 6.45) is 5.61. The highest BCUT2D eigenvalue weighted by molar-refractivity contribution is 5.93. The van der Waals surface area contributed by atoms with Gasteiger partial charge in [-0.25, -0.2) is 14.9 Å². The molecule has 0 spiro atoms. The van der Waals surface area contributed by atoms with E-state index >= 15 is 0 Å². The van der Waals surface area contributed by atoms with E-state index < -0.39 is 17.3 Å². The summed E-state index contributed by atoms with van der Waals surface area (Å²) < 4.78 is 14.1. The van der Waals surface area contributed by atoms with Crippen LogP contribution in [0.3, 0.4) is 0 Å². The van der Waals surface area contributed by atoms with Crippen molar-refractivity contribution in [2.75, 3.05) is 5.32 Å². The fraction of sp³-hybridized carbons (Fsp3) is 0.267. The summed E-state index contributed by atoms with van der Waals surface area (Å²) in [6, 6.07) is 6.66. The number of halogens is 1. The molecule has 2 aromatic heterocycles. The molecule has 7 heteroatoms. The minimum atomic E-state index is -0.805. The van der Waals surface area contributed by atoms with Crippen molar-refractivity contribution in [2.24, 2.45) is 0 Å². The third-order valence-corrected chi connectivity index (χ3v) is 3.92. The van der Waals surface area contributed by atoms with Crippen LogP contribution in [0.2, 0.25) is 0 Å². The van der Waals surface area contributed by atoms with Gasteiger partial charge >= 0.3 is 0 Å². The summed E-state index contributed by atoms with van der Waals surface area (Å²) in [5.74, 6) is -1.39. The van der Waals surface area contributed by atoms with Crippen molar-refractivity contribution in [2.45, 2.75) is 24.8 Å². The monoisotopic (exact) mass is 302 g/mol. The van der Waals surface area contributed by atoms with Gasteiger partial charge in [-0.15, -0.1) is 0 Å². The molecule has 1 fully saturated rings. The van der Waals surface area contributed by atoms with Gasteiger partial charge in [0.15, 0.2) is 11.6 Å². The molecule has 1 aliphatic carbocycles. The highest BCUT2D eigenvalue weighted by Gasteiger charge is 2.40. The van der Waals surface area contributed by atoms with Gasteiger partial charge in [0, 0.05) is 12.4 Å². The van der Waals surface area contributed by atoms with Gasteiger partial charge in [-0.1, -0.05) is 6.07 Å². The van der Waals surface area contributed by atoms with Crippen LogP contribution in [0.4, 0.5) is 10.2 Å². The Morgan fingerprint density at radius 1 is 1.32 bits per heavy atom. The van der Waals surface area contributed by atoms with Gasteiger partial charge in [0.05, 0.1) is 16.8 Å². The molecule has 0 bridgehead atoms. The zero-order valence-electron chi connectivity index (χ0n) is 11.7. The number of pyridine rings is 2. The maximum atomic E-state index is 14.1. The number of hydroxylamine groups is 1. The maximum Gasteiger partial charge on any atom is 0.276 e. The fourth-order valence-electron chi connectivity index (χ4n) is 2.57. The summed E-state index contributed by atoms with van der Waals surface area (Å²) in [6.45, 7) is 0. The van der Waals surface area contributed by atoms with Crippen LogP contribution in [-0.4, -0.2) is 21.1 Å². The Morgan fingerprint density at radius 2 is 2.14 bits per heavy atom. The van der Waals surface area contributed by atoms with E-state index in [0.29, 0.717) is 0 Å². The van der Waals surface area contributed by atoms with Gasteiger partial charge in [-0.2, -0.15) is 0 Å². The summed E-state index contributed by atoms with van der Waals surface area (Å²) >= 11 is 0. The Balaban J connectivity index is 1.87. The van der Waals surface area contributed by atoms with Crippen molar-refractivity contribution in [1.29, 1.82) is 0 Å². The van der Waals surface area contributed by atoms with Crippen molar-refractivity contribution >= 4 is 11.7 Å². The zero-order valence-corrected chi connectivity index (χ0v) is 11.7. The lowest BCUT2D eigenvalue weighted by Crippen LogP contribution is -2.43. The molecule has 3 N–H and O–H groups in total. The average molecular weight is 302 g/mol. The van der Waals surface area contributed by atoms with Crippen molar-refractivity contribution in [3.05, 3.63) is 53.7 Å². The highest BCUT2D eigenvalue weighted by atomic mass is 19.1. The van der Waals surface area contributed by atoms with E-state index in [4.69, 9.17) is 5.21 Å². The second kappa shape index (κ2) is 5.69. The van der Waals surface area contributed by atoms with E-state index in [1.54, 1.807) is 6.20 Å². The molecule has 1 saturated carbocycles. The largest absolute Gasteiger partial charge is 0.357 e. The number of amides is 1. The van der Waals surface area contributed by atoms with Gasteiger partial charge in [0.1, 0.15) is 0 Å². The number of hydrogen-bond donors (Lipinski definition) is 3. The summed E-state index contributed by atoms with van der Waals surface area (Å²) in [5.41, 5.74) is 1.82. The van der Waals surface area contributed by atoms with Crippen molar-refractivity contribution in [3.8, 4) is 0 Å². The summed E-state index contributed by atoms with van der Waals surface area (Å²) in [7, 11) is 0. The molecule has 0 aliphatic heterocycles. The number of carbonyl (C=O) groups is 1. The number of nitrogens with zero attached hydrogens (tertiary/aromatic N) is 2. The maximum absolute atomic E-state index is 14.1. The number of anilines is 1. The molecule has 0 radical (unpaired) electrons. The van der Waals surface area contributed by atoms with E-state index in [1.807, 2.05) is 18.2 Å². The van der Waals surface area contributed by atoms with Gasteiger partial charge < -0.3 is 5.32 Å². The van der Waals surface area contributed by atoms with Crippen LogP contribution in [0.15, 0.2) is 36.7 Å². The lowest BCUT2D eigenvalue weighted by Gasteiger charge is -2.42. The molecule has 22 heavy (non-hydrogen) atoms. The van der Waals surface area contributed by atoms with Crippen LogP contribution in [0.1, 0.15) is 35.3 Å². The van der Waals surface area contributed by atoms with Crippen molar-refractivity contribution < 1.29 is 14.4 Å². The topological polar surface area (TPSA) is 87.1 Å². The van der Waals surface area contributed by atoms with Crippen LogP contribution in [-0.2, 0) is 5.54 Å². The SMILES string of the molecule is O=C(NO)c1cnc(NC2(c3ccccn3)CCC2)c(F)c1. The third-order valence-electron chi connectivity index (χ3n) is 3.92. The molecule has 0 saturated heterocycles. The first-order valence-electron chi connectivity index (χ1n) is 6.94. The molecule has 2 heterocycles. The van der Waals surface area contributed by atoms with E-state index in [9.17, 15) is 9.18 Å². The summed E-state index contributed by atoms with van der Waals surface area (Å²) in [4.78, 5) is 19.6. The lowest BCUT2D eigenvalue weighted by atomic mass is 9.74. The van der Waals surface area contributed by atoms with Gasteiger partial charge in [0.25, 0.3) is 5.91 Å². The first-order chi connectivity index (χ1) is 10.6. The number of aromatic nitrogens is 2. The fourth-order valence-corrected chi connectivity index (χ4v) is 2.57. The van der Waals surface area contributed by atoms with E-state index in [2.05, 4.69) is 15.3 Å². The highest BCUT2D eigenvalue weighted by Crippen LogP contribution is 2.43. The van der Waals surface area contributed by atoms with Gasteiger partial charge in [0.2, 0.25) is 0 Å². The Hall–Kier alpha value is -2.54. The van der Waals surface area contributed by atoms with Crippen molar-refractivity contribution in [1.82, 2.24) is 15.4 Å². The molecule has 0 aromatic carbocycles. The third kappa shape index (κ3) is 2.50. The van der Waals surface area contributed by atoms with Crippen LogP contribution >= 0.6 is 0 Å². The molecule has 0 unspecified atom stereocenters. The Kier molecular flexibility index (Phi) is 3.72. The average Bonchev–Trinajstić information content (AvgIpc) is 2.52. The standard InChI is InChI=1S/C15H15FN4O2/c16-11-8-10(14(21)20-22)9-18-13(11)19-15(5-3-6-15)12-4-1-2-7-17-12/h1-2,4,7-9,22H,3,5-6H2,(H,18,19)(H,20,21). The van der Waals surface area contributed by atoms with Gasteiger partial charge in [-0.05, 0) is 37.5 Å². The molecular weight excluding hydrogens is 287 g/mol. The number of carbonyl (C=O) groups excluding carboxylic acids is 1. The number of rotatable bonds is 4. The first kappa shape index (κ1) is 14.4. The van der Waals surface area contributed by atoms with Crippen LogP contribution in [0, 0.1) is 5.82 Å². The Labute approximate surface area is 126 Å². The molecule has 3 rings (SSSR count). The second-order valence-electron chi connectivity index (χ2n) is 5.27. The molecule has 1 aliphatic rings. The van der Waals surface area contributed by atoms with E-state index in [1.165, 1.54) is 11.7 Å². The van der Waals surface area contributed by atoms with Crippen LogP contribution in [0.5, 0.6) is 0 Å². The predicted octanol–water partition coefficient (Wildman–Crippen LogP) is 2.23. The normalized spacial score (nSPS) is 15.7. The molecular formula is C15H15FN4O2. The van der Waals surface area contributed by atoms with Crippen LogP contribution < -0.4 is 10.8 Å². The molecule has 114 valence electrons. The van der Waals surface area contributed by atoms with Crippen LogP contribution in [0.25, 0.3) is 0 Å². The minimum absolute atomic E-state index is 0.0500. The smallest absolute Gasteiger partial charge is 0.276 e. The predicted molar refractivity (Wildman–Crippen MR) is 76.8 cm³/mol. The number of nitrogens with one attached hydrogen (secondary N) is 2. The van der Waals surface area contributed by atoms with E-state index in [0.717, 1.165) is 31.0 Å². The summed E-state index contributed by atoms with van der Waals surface area (Å²) in [5, 5.41) is 11.7. The zero-order chi connectivity index (χ0) is 15.6. The quantitative estimate of drug-likeness (QED) is 0.595. The lowest BCUT2D eigenvalue weighted by molar-refractivity contribution is 0.0705. The van der Waals surface area contributed by atoms with Crippen molar-refractivity contribution in [3.63, 3.8) is 0 Å². The molecule has 1 amide bonds. The first-order valence-corrected chi connectivity index (χ1v) is 6.94. The molecule has 0 atom stereocenters. The minimum Gasteiger partial charge on any atom is -0.357 e. The second-order valence-corrected chi connectivity index (χ2v) is 5.27. The van der Waals surface area contributed by atoms with Gasteiger partial charge in [-0.3, -0.25) is 15.0 Å². The Bertz CT molecular complexity index is 689. The molecule has 2 aromatic rings. The number of hydrogen-bond acceptors (Lipinski definition) is 5. The molecule has 6 nitrogen and oxygen atoms in total.